The third-order valence-electron chi connectivity index (χ3n) is 3.12. The van der Waals surface area contributed by atoms with Crippen LogP contribution in [0.1, 0.15) is 19.3 Å². The van der Waals surface area contributed by atoms with Crippen molar-refractivity contribution < 1.29 is 4.48 Å². The number of para-hydroxylation sites is 1. The van der Waals surface area contributed by atoms with E-state index < -0.39 is 0 Å². The summed E-state index contributed by atoms with van der Waals surface area (Å²) in [6.07, 6.45) is 3.70. The van der Waals surface area contributed by atoms with Gasteiger partial charge in [0.15, 0.2) is 0 Å². The Morgan fingerprint density at radius 1 is 1.06 bits per heavy atom. The number of aromatic nitrogens is 3. The van der Waals surface area contributed by atoms with Crippen LogP contribution in [0.15, 0.2) is 24.3 Å². The van der Waals surface area contributed by atoms with Gasteiger partial charge in [-0.2, -0.15) is 0 Å². The second-order valence-electron chi connectivity index (χ2n) is 5.88. The molecule has 0 fully saturated rings. The number of benzene rings is 1. The van der Waals surface area contributed by atoms with Crippen LogP contribution in [0, 0.1) is 0 Å². The van der Waals surface area contributed by atoms with Gasteiger partial charge in [0.2, 0.25) is 0 Å². The van der Waals surface area contributed by atoms with Crippen molar-refractivity contribution >= 4 is 11.0 Å². The molecule has 98 valence electrons. The first kappa shape index (κ1) is 13.0. The number of unbranched alkanes of at least 4 members (excludes halogenated alkanes) is 2. The van der Waals surface area contributed by atoms with Gasteiger partial charge in [0, 0.05) is 6.54 Å². The minimum Gasteiger partial charge on any atom is -0.331 e. The van der Waals surface area contributed by atoms with Crippen molar-refractivity contribution in [3.63, 3.8) is 0 Å². The van der Waals surface area contributed by atoms with Gasteiger partial charge in [-0.1, -0.05) is 17.3 Å². The normalized spacial score (nSPS) is 12.2. The van der Waals surface area contributed by atoms with Crippen LogP contribution >= 0.6 is 0 Å². The van der Waals surface area contributed by atoms with Crippen molar-refractivity contribution in [3.05, 3.63) is 24.3 Å². The number of hydrogen-bond donors (Lipinski definition) is 0. The van der Waals surface area contributed by atoms with E-state index in [1.165, 1.54) is 25.8 Å². The van der Waals surface area contributed by atoms with Gasteiger partial charge in [0.05, 0.1) is 33.2 Å². The lowest BCUT2D eigenvalue weighted by atomic mass is 10.2. The smallest absolute Gasteiger partial charge is 0.113 e. The van der Waals surface area contributed by atoms with Crippen LogP contribution in [0.25, 0.3) is 11.0 Å². The Hall–Kier alpha value is -1.42. The van der Waals surface area contributed by atoms with Crippen LogP contribution < -0.4 is 0 Å². The predicted octanol–water partition coefficient (Wildman–Crippen LogP) is 2.31. The molecule has 0 radical (unpaired) electrons. The lowest BCUT2D eigenvalue weighted by Crippen LogP contribution is -2.35. The maximum absolute atomic E-state index is 4.20. The average molecular weight is 247 g/mol. The zero-order valence-corrected chi connectivity index (χ0v) is 11.6. The van der Waals surface area contributed by atoms with Gasteiger partial charge in [0.1, 0.15) is 5.52 Å². The molecule has 18 heavy (non-hydrogen) atoms. The summed E-state index contributed by atoms with van der Waals surface area (Å²) < 4.78 is 3.06. The van der Waals surface area contributed by atoms with Gasteiger partial charge in [0.25, 0.3) is 0 Å². The molecule has 4 nitrogen and oxygen atoms in total. The number of nitrogens with zero attached hydrogens (tertiary/aromatic N) is 4. The third-order valence-corrected chi connectivity index (χ3v) is 3.12. The molecule has 0 atom stereocenters. The number of quaternary nitrogens is 1. The van der Waals surface area contributed by atoms with E-state index >= 15 is 0 Å². The van der Waals surface area contributed by atoms with E-state index in [9.17, 15) is 0 Å². The quantitative estimate of drug-likeness (QED) is 0.579. The number of aryl methyl sites for hydroxylation is 1. The highest BCUT2D eigenvalue weighted by Gasteiger charge is 2.06. The summed E-state index contributed by atoms with van der Waals surface area (Å²) >= 11 is 0. The van der Waals surface area contributed by atoms with Gasteiger partial charge in [-0.15, -0.1) is 5.10 Å². The monoisotopic (exact) mass is 247 g/mol. The standard InChI is InChI=1S/C14H23N4/c1-18(2,3)12-8-4-7-11-17-14-10-6-5-9-13(14)15-16-17/h5-6,9-10H,4,7-8,11-12H2,1-3H3/q+1. The Bertz CT molecular complexity index is 496. The molecular formula is C14H23N4+. The molecule has 0 bridgehead atoms. The fraction of sp³-hybridized carbons (Fsp3) is 0.571. The number of rotatable bonds is 6. The molecule has 0 aliphatic heterocycles. The van der Waals surface area contributed by atoms with Crippen molar-refractivity contribution in [2.75, 3.05) is 27.7 Å². The predicted molar refractivity (Wildman–Crippen MR) is 74.3 cm³/mol. The molecule has 4 heteroatoms. The van der Waals surface area contributed by atoms with E-state index in [2.05, 4.69) is 37.5 Å². The number of hydrogen-bond acceptors (Lipinski definition) is 2. The van der Waals surface area contributed by atoms with Gasteiger partial charge in [-0.25, -0.2) is 4.68 Å². The highest BCUT2D eigenvalue weighted by molar-refractivity contribution is 5.73. The lowest BCUT2D eigenvalue weighted by Gasteiger charge is -2.23. The molecule has 0 spiro atoms. The van der Waals surface area contributed by atoms with Crippen molar-refractivity contribution in [1.29, 1.82) is 0 Å². The molecular weight excluding hydrogens is 224 g/mol. The Balaban J connectivity index is 1.80. The summed E-state index contributed by atoms with van der Waals surface area (Å²) in [7, 11) is 6.72. The zero-order valence-electron chi connectivity index (χ0n) is 11.6. The summed E-state index contributed by atoms with van der Waals surface area (Å²) in [6.45, 7) is 2.20. The van der Waals surface area contributed by atoms with E-state index in [-0.39, 0.29) is 0 Å². The number of fused-ring (bicyclic) bond motifs is 1. The highest BCUT2D eigenvalue weighted by Crippen LogP contribution is 2.11. The molecule has 0 saturated heterocycles. The van der Waals surface area contributed by atoms with Crippen molar-refractivity contribution in [2.24, 2.45) is 0 Å². The summed E-state index contributed by atoms with van der Waals surface area (Å²) in [5.41, 5.74) is 2.13. The highest BCUT2D eigenvalue weighted by atomic mass is 15.4. The van der Waals surface area contributed by atoms with Crippen LogP contribution in [0.3, 0.4) is 0 Å². The molecule has 2 aromatic rings. The van der Waals surface area contributed by atoms with Gasteiger partial charge < -0.3 is 4.48 Å². The van der Waals surface area contributed by atoms with Crippen molar-refractivity contribution in [2.45, 2.75) is 25.8 Å². The van der Waals surface area contributed by atoms with Crippen molar-refractivity contribution in [3.8, 4) is 0 Å². The van der Waals surface area contributed by atoms with E-state index in [1.54, 1.807) is 0 Å². The third kappa shape index (κ3) is 3.53. The molecule has 0 amide bonds. The van der Waals surface area contributed by atoms with Crippen molar-refractivity contribution in [1.82, 2.24) is 15.0 Å². The first-order valence-electron chi connectivity index (χ1n) is 6.65. The summed E-state index contributed by atoms with van der Waals surface area (Å²) in [6, 6.07) is 8.14. The maximum atomic E-state index is 4.20. The van der Waals surface area contributed by atoms with Gasteiger partial charge >= 0.3 is 0 Å². The summed E-state index contributed by atoms with van der Waals surface area (Å²) in [4.78, 5) is 0. The van der Waals surface area contributed by atoms with Gasteiger partial charge in [-0.05, 0) is 31.4 Å². The molecule has 2 rings (SSSR count). The fourth-order valence-corrected chi connectivity index (χ4v) is 2.11. The minimum absolute atomic E-state index is 0.970. The molecule has 0 aliphatic carbocycles. The fourth-order valence-electron chi connectivity index (χ4n) is 2.11. The largest absolute Gasteiger partial charge is 0.331 e. The van der Waals surface area contributed by atoms with E-state index in [4.69, 9.17) is 0 Å². The second-order valence-corrected chi connectivity index (χ2v) is 5.88. The average Bonchev–Trinajstić information content (AvgIpc) is 2.71. The van der Waals surface area contributed by atoms with E-state index in [0.717, 1.165) is 22.1 Å². The Kier molecular flexibility index (Phi) is 3.97. The van der Waals surface area contributed by atoms with Crippen LogP contribution in [0.2, 0.25) is 0 Å². The molecule has 0 N–H and O–H groups in total. The Morgan fingerprint density at radius 3 is 2.61 bits per heavy atom. The van der Waals surface area contributed by atoms with Gasteiger partial charge in [-0.3, -0.25) is 0 Å². The topological polar surface area (TPSA) is 30.7 Å². The second kappa shape index (κ2) is 5.48. The molecule has 0 aliphatic rings. The lowest BCUT2D eigenvalue weighted by molar-refractivity contribution is -0.870. The molecule has 1 aromatic heterocycles. The van der Waals surface area contributed by atoms with E-state index in [1.807, 2.05) is 22.9 Å². The van der Waals surface area contributed by atoms with Crippen LogP contribution in [-0.4, -0.2) is 47.2 Å². The van der Waals surface area contributed by atoms with Crippen LogP contribution in [0.5, 0.6) is 0 Å². The minimum atomic E-state index is 0.970. The van der Waals surface area contributed by atoms with Crippen LogP contribution in [0.4, 0.5) is 0 Å². The molecule has 1 heterocycles. The SMILES string of the molecule is C[N+](C)(C)CCCCCn1nnc2ccccc21. The first-order chi connectivity index (χ1) is 8.56. The molecule has 0 saturated carbocycles. The Labute approximate surface area is 109 Å². The first-order valence-corrected chi connectivity index (χ1v) is 6.65. The molecule has 1 aromatic carbocycles. The maximum Gasteiger partial charge on any atom is 0.113 e. The zero-order chi connectivity index (χ0) is 13.0. The molecule has 0 unspecified atom stereocenters. The summed E-state index contributed by atoms with van der Waals surface area (Å²) in [5.74, 6) is 0. The Morgan fingerprint density at radius 2 is 1.83 bits per heavy atom. The van der Waals surface area contributed by atoms with E-state index in [0.29, 0.717) is 0 Å². The summed E-state index contributed by atoms with van der Waals surface area (Å²) in [5, 5.41) is 8.37. The van der Waals surface area contributed by atoms with Crippen LogP contribution in [-0.2, 0) is 6.54 Å².